The summed E-state index contributed by atoms with van der Waals surface area (Å²) in [5, 5.41) is 1.87. The third-order valence-electron chi connectivity index (χ3n) is 4.79. The Morgan fingerprint density at radius 3 is 2.59 bits per heavy atom. The topological polar surface area (TPSA) is 44.8 Å². The quantitative estimate of drug-likeness (QED) is 0.794. The minimum Gasteiger partial charge on any atom is -0.465 e. The molecular formula is C17H22O4S. The fourth-order valence-electron chi connectivity index (χ4n) is 3.42. The van der Waals surface area contributed by atoms with Crippen LogP contribution in [0.4, 0.5) is 0 Å². The first-order chi connectivity index (χ1) is 10.6. The molecule has 0 bridgehead atoms. The first-order valence-electron chi connectivity index (χ1n) is 7.70. The van der Waals surface area contributed by atoms with Gasteiger partial charge >= 0.3 is 5.97 Å². The Kier molecular flexibility index (Phi) is 4.39. The van der Waals surface area contributed by atoms with Gasteiger partial charge in [-0.15, -0.1) is 11.3 Å². The van der Waals surface area contributed by atoms with Gasteiger partial charge in [0.2, 0.25) is 0 Å². The lowest BCUT2D eigenvalue weighted by molar-refractivity contribution is -0.179. The largest absolute Gasteiger partial charge is 0.465 e. The molecule has 1 aromatic rings. The number of carbonyl (C=O) groups excluding carboxylic acids is 1. The summed E-state index contributed by atoms with van der Waals surface area (Å²) in [6.45, 7) is 7.68. The molecule has 2 aliphatic rings. The summed E-state index contributed by atoms with van der Waals surface area (Å²) < 4.78 is 16.4. The molecule has 0 amide bonds. The lowest BCUT2D eigenvalue weighted by atomic mass is 9.80. The van der Waals surface area contributed by atoms with Crippen LogP contribution in [0.15, 0.2) is 12.0 Å². The molecule has 5 heteroatoms. The molecule has 2 fully saturated rings. The Labute approximate surface area is 135 Å². The number of esters is 1. The van der Waals surface area contributed by atoms with Crippen LogP contribution in [0.1, 0.15) is 46.5 Å². The second-order valence-corrected chi connectivity index (χ2v) is 6.88. The van der Waals surface area contributed by atoms with E-state index >= 15 is 0 Å². The minimum absolute atomic E-state index is 0.275. The van der Waals surface area contributed by atoms with E-state index in [2.05, 4.69) is 6.58 Å². The highest BCUT2D eigenvalue weighted by Gasteiger charge is 2.41. The predicted octanol–water partition coefficient (Wildman–Crippen LogP) is 3.79. The van der Waals surface area contributed by atoms with Gasteiger partial charge in [0.1, 0.15) is 0 Å². The molecule has 0 unspecified atom stereocenters. The lowest BCUT2D eigenvalue weighted by Crippen LogP contribution is -2.35. The van der Waals surface area contributed by atoms with Crippen molar-refractivity contribution in [3.05, 3.63) is 28.0 Å². The van der Waals surface area contributed by atoms with E-state index in [0.29, 0.717) is 24.7 Å². The number of allylic oxidation sites excluding steroid dienone is 1. The molecule has 1 saturated carbocycles. The van der Waals surface area contributed by atoms with Crippen LogP contribution in [-0.4, -0.2) is 32.1 Å². The van der Waals surface area contributed by atoms with Crippen LogP contribution in [0, 0.1) is 12.8 Å². The average Bonchev–Trinajstić information content (AvgIpc) is 3.14. The molecule has 1 aliphatic heterocycles. The fraction of sp³-hybridized carbons (Fsp3) is 0.588. The SMILES string of the molecule is C=C(c1scc(C(=O)OC)c1C)C1CCC2(CC1)OCCO2. The Bertz CT molecular complexity index is 573. The third-order valence-corrected chi connectivity index (χ3v) is 5.95. The van der Waals surface area contributed by atoms with E-state index in [0.717, 1.165) is 41.7 Å². The molecule has 2 heterocycles. The highest BCUT2D eigenvalue weighted by molar-refractivity contribution is 7.11. The molecule has 22 heavy (non-hydrogen) atoms. The number of thiophene rings is 1. The second-order valence-electron chi connectivity index (χ2n) is 6.00. The monoisotopic (exact) mass is 322 g/mol. The van der Waals surface area contributed by atoms with Crippen molar-refractivity contribution in [3.8, 4) is 0 Å². The summed E-state index contributed by atoms with van der Waals surface area (Å²) in [5.41, 5.74) is 2.76. The van der Waals surface area contributed by atoms with Crippen molar-refractivity contribution in [1.82, 2.24) is 0 Å². The number of methoxy groups -OCH3 is 1. The highest BCUT2D eigenvalue weighted by atomic mass is 32.1. The average molecular weight is 322 g/mol. The minimum atomic E-state index is -0.335. The van der Waals surface area contributed by atoms with E-state index in [4.69, 9.17) is 14.2 Å². The van der Waals surface area contributed by atoms with Gasteiger partial charge in [-0.2, -0.15) is 0 Å². The van der Waals surface area contributed by atoms with Crippen molar-refractivity contribution in [2.75, 3.05) is 20.3 Å². The zero-order valence-corrected chi connectivity index (χ0v) is 14.0. The van der Waals surface area contributed by atoms with Gasteiger partial charge in [0.05, 0.1) is 25.9 Å². The molecule has 120 valence electrons. The molecule has 1 saturated heterocycles. The molecule has 4 nitrogen and oxygen atoms in total. The Hall–Kier alpha value is -1.17. The Morgan fingerprint density at radius 2 is 2.00 bits per heavy atom. The van der Waals surface area contributed by atoms with Gasteiger partial charge in [0, 0.05) is 23.1 Å². The van der Waals surface area contributed by atoms with Gasteiger partial charge in [-0.05, 0) is 36.8 Å². The van der Waals surface area contributed by atoms with E-state index in [1.807, 2.05) is 12.3 Å². The Balaban J connectivity index is 1.70. The van der Waals surface area contributed by atoms with E-state index in [-0.39, 0.29) is 11.8 Å². The van der Waals surface area contributed by atoms with Gasteiger partial charge in [0.25, 0.3) is 0 Å². The molecular weight excluding hydrogens is 300 g/mol. The molecule has 0 N–H and O–H groups in total. The number of hydrogen-bond acceptors (Lipinski definition) is 5. The van der Waals surface area contributed by atoms with Crippen LogP contribution < -0.4 is 0 Å². The first-order valence-corrected chi connectivity index (χ1v) is 8.58. The van der Waals surface area contributed by atoms with Crippen molar-refractivity contribution in [2.24, 2.45) is 5.92 Å². The van der Waals surface area contributed by atoms with Gasteiger partial charge in [-0.25, -0.2) is 4.79 Å². The van der Waals surface area contributed by atoms with Crippen LogP contribution in [0.2, 0.25) is 0 Å². The van der Waals surface area contributed by atoms with E-state index in [1.54, 1.807) is 11.3 Å². The van der Waals surface area contributed by atoms with E-state index in [1.165, 1.54) is 7.11 Å². The number of hydrogen-bond donors (Lipinski definition) is 0. The van der Waals surface area contributed by atoms with Gasteiger partial charge in [0.15, 0.2) is 5.79 Å². The molecule has 1 aliphatic carbocycles. The maximum Gasteiger partial charge on any atom is 0.338 e. The van der Waals surface area contributed by atoms with Crippen LogP contribution in [0.5, 0.6) is 0 Å². The smallest absolute Gasteiger partial charge is 0.338 e. The summed E-state index contributed by atoms with van der Waals surface area (Å²) in [7, 11) is 1.41. The molecule has 1 aromatic heterocycles. The van der Waals surface area contributed by atoms with Gasteiger partial charge in [-0.3, -0.25) is 0 Å². The summed E-state index contributed by atoms with van der Waals surface area (Å²) in [6.07, 6.45) is 3.88. The maximum absolute atomic E-state index is 11.7. The normalized spacial score (nSPS) is 21.2. The summed E-state index contributed by atoms with van der Waals surface area (Å²) >= 11 is 1.58. The zero-order chi connectivity index (χ0) is 15.7. The lowest BCUT2D eigenvalue weighted by Gasteiger charge is -2.36. The summed E-state index contributed by atoms with van der Waals surface area (Å²) in [5.74, 6) is -0.178. The zero-order valence-electron chi connectivity index (χ0n) is 13.1. The van der Waals surface area contributed by atoms with Crippen molar-refractivity contribution in [1.29, 1.82) is 0 Å². The standard InChI is InChI=1S/C17H22O4S/c1-11(15-12(2)14(10-22-15)16(18)19-3)13-4-6-17(7-5-13)20-8-9-21-17/h10,13H,1,4-9H2,2-3H3. The number of rotatable bonds is 3. The van der Waals surface area contributed by atoms with E-state index < -0.39 is 0 Å². The second kappa shape index (κ2) is 6.14. The van der Waals surface area contributed by atoms with Crippen molar-refractivity contribution in [2.45, 2.75) is 38.4 Å². The van der Waals surface area contributed by atoms with Crippen LogP contribution in [0.3, 0.4) is 0 Å². The predicted molar refractivity (Wildman–Crippen MR) is 86.0 cm³/mol. The van der Waals surface area contributed by atoms with Gasteiger partial charge in [-0.1, -0.05) is 6.58 Å². The van der Waals surface area contributed by atoms with Crippen molar-refractivity contribution < 1.29 is 19.0 Å². The molecule has 1 spiro atoms. The number of carbonyl (C=O) groups is 1. The fourth-order valence-corrected chi connectivity index (χ4v) is 4.54. The molecule has 3 rings (SSSR count). The van der Waals surface area contributed by atoms with Crippen LogP contribution in [0.25, 0.3) is 5.57 Å². The maximum atomic E-state index is 11.7. The molecule has 0 radical (unpaired) electrons. The Morgan fingerprint density at radius 1 is 1.36 bits per heavy atom. The van der Waals surface area contributed by atoms with Crippen molar-refractivity contribution in [3.63, 3.8) is 0 Å². The summed E-state index contributed by atoms with van der Waals surface area (Å²) in [4.78, 5) is 12.9. The molecule has 0 atom stereocenters. The number of ether oxygens (including phenoxy) is 3. The van der Waals surface area contributed by atoms with Crippen LogP contribution in [-0.2, 0) is 14.2 Å². The van der Waals surface area contributed by atoms with Crippen molar-refractivity contribution >= 4 is 22.9 Å². The molecule has 0 aromatic carbocycles. The van der Waals surface area contributed by atoms with Crippen LogP contribution >= 0.6 is 11.3 Å². The first kappa shape index (κ1) is 15.7. The van der Waals surface area contributed by atoms with E-state index in [9.17, 15) is 4.79 Å². The van der Waals surface area contributed by atoms with Gasteiger partial charge < -0.3 is 14.2 Å². The summed E-state index contributed by atoms with van der Waals surface area (Å²) in [6, 6.07) is 0. The highest BCUT2D eigenvalue weighted by Crippen LogP contribution is 2.44. The third kappa shape index (κ3) is 2.73.